The summed E-state index contributed by atoms with van der Waals surface area (Å²) in [4.78, 5) is 0. The smallest absolute Gasteiger partial charge is 0.0521 e. The lowest BCUT2D eigenvalue weighted by Crippen LogP contribution is -2.05. The second-order valence-corrected chi connectivity index (χ2v) is 2.50. The quantitative estimate of drug-likeness (QED) is 0.262. The van der Waals surface area contributed by atoms with Crippen LogP contribution in [0.25, 0.3) is 0 Å². The highest BCUT2D eigenvalue weighted by Gasteiger charge is 1.87. The van der Waals surface area contributed by atoms with Crippen molar-refractivity contribution in [1.29, 1.82) is 0 Å². The van der Waals surface area contributed by atoms with Crippen LogP contribution in [0.1, 0.15) is 5.56 Å². The third-order valence-electron chi connectivity index (χ3n) is 1.36. The van der Waals surface area contributed by atoms with Gasteiger partial charge in [-0.25, -0.2) is 0 Å². The monoisotopic (exact) mass is 178 g/mol. The Morgan fingerprint density at radius 3 is 2.50 bits per heavy atom. The molecule has 3 heteroatoms. The largest absolute Gasteiger partial charge is 0.324 e. The van der Waals surface area contributed by atoms with Gasteiger partial charge in [0.2, 0.25) is 0 Å². The first-order chi connectivity index (χ1) is 5.86. The Bertz CT molecular complexity index is 295. The van der Waals surface area contributed by atoms with Crippen molar-refractivity contribution in [3.05, 3.63) is 29.8 Å². The summed E-state index contributed by atoms with van der Waals surface area (Å²) in [5.41, 5.74) is 4.40. The summed E-state index contributed by atoms with van der Waals surface area (Å²) in [6.07, 6.45) is 0. The number of nitrogen functional groups attached to an aromatic ring is 1. The van der Waals surface area contributed by atoms with Crippen LogP contribution in [-0.4, -0.2) is 5.75 Å². The van der Waals surface area contributed by atoms with Gasteiger partial charge < -0.3 is 5.43 Å². The fraction of sp³-hybridized carbons (Fsp3) is 0.111. The molecule has 2 nitrogen and oxygen atoms in total. The predicted molar refractivity (Wildman–Crippen MR) is 55.0 cm³/mol. The SMILES string of the molecule is NNc1ccc(C#CCS)cc1. The molecule has 0 aliphatic carbocycles. The molecule has 0 aliphatic heterocycles. The summed E-state index contributed by atoms with van der Waals surface area (Å²) in [6.45, 7) is 0. The molecule has 62 valence electrons. The van der Waals surface area contributed by atoms with Crippen LogP contribution in [0.3, 0.4) is 0 Å². The Morgan fingerprint density at radius 1 is 1.33 bits per heavy atom. The van der Waals surface area contributed by atoms with Gasteiger partial charge in [0.05, 0.1) is 5.75 Å². The van der Waals surface area contributed by atoms with Gasteiger partial charge in [-0.05, 0) is 24.3 Å². The van der Waals surface area contributed by atoms with Crippen LogP contribution in [0.5, 0.6) is 0 Å². The highest BCUT2D eigenvalue weighted by Crippen LogP contribution is 2.06. The van der Waals surface area contributed by atoms with Crippen molar-refractivity contribution in [2.45, 2.75) is 0 Å². The van der Waals surface area contributed by atoms with Gasteiger partial charge in [0.15, 0.2) is 0 Å². The van der Waals surface area contributed by atoms with Crippen molar-refractivity contribution in [1.82, 2.24) is 0 Å². The van der Waals surface area contributed by atoms with Gasteiger partial charge in [0.1, 0.15) is 0 Å². The normalized spacial score (nSPS) is 8.50. The number of thiol groups is 1. The van der Waals surface area contributed by atoms with Gasteiger partial charge in [-0.1, -0.05) is 11.8 Å². The Hall–Kier alpha value is -1.11. The molecule has 0 fully saturated rings. The topological polar surface area (TPSA) is 38.0 Å². The minimum Gasteiger partial charge on any atom is -0.324 e. The van der Waals surface area contributed by atoms with Gasteiger partial charge in [0.25, 0.3) is 0 Å². The number of hydrazine groups is 1. The van der Waals surface area contributed by atoms with Crippen LogP contribution in [0, 0.1) is 11.8 Å². The first-order valence-electron chi connectivity index (χ1n) is 3.53. The molecule has 0 heterocycles. The molecule has 12 heavy (non-hydrogen) atoms. The highest BCUT2D eigenvalue weighted by molar-refractivity contribution is 7.80. The Balaban J connectivity index is 2.78. The number of rotatable bonds is 1. The molecule has 0 spiro atoms. The second-order valence-electron chi connectivity index (χ2n) is 2.18. The van der Waals surface area contributed by atoms with Crippen LogP contribution in [0.4, 0.5) is 5.69 Å². The fourth-order valence-electron chi connectivity index (χ4n) is 0.791. The number of nitrogens with one attached hydrogen (secondary N) is 1. The zero-order chi connectivity index (χ0) is 8.81. The van der Waals surface area contributed by atoms with E-state index in [2.05, 4.69) is 29.9 Å². The molecule has 0 atom stereocenters. The molecule has 1 aromatic rings. The Labute approximate surface area is 77.5 Å². The van der Waals surface area contributed by atoms with E-state index >= 15 is 0 Å². The molecule has 0 aromatic heterocycles. The van der Waals surface area contributed by atoms with Gasteiger partial charge in [0, 0.05) is 11.3 Å². The standard InChI is InChI=1S/C9H10N2S/c10-11-9-5-3-8(4-6-9)2-1-7-12/h3-6,11-12H,7,10H2. The molecule has 0 bridgehead atoms. The third kappa shape index (κ3) is 2.50. The molecular weight excluding hydrogens is 168 g/mol. The molecule has 0 saturated heterocycles. The fourth-order valence-corrected chi connectivity index (χ4v) is 0.870. The van der Waals surface area contributed by atoms with Crippen LogP contribution in [-0.2, 0) is 0 Å². The number of hydrogen-bond acceptors (Lipinski definition) is 3. The van der Waals surface area contributed by atoms with E-state index in [0.29, 0.717) is 5.75 Å². The highest BCUT2D eigenvalue weighted by atomic mass is 32.1. The molecule has 0 unspecified atom stereocenters. The van der Waals surface area contributed by atoms with E-state index in [9.17, 15) is 0 Å². The van der Waals surface area contributed by atoms with Crippen molar-refractivity contribution < 1.29 is 0 Å². The van der Waals surface area contributed by atoms with Crippen LogP contribution in [0.15, 0.2) is 24.3 Å². The van der Waals surface area contributed by atoms with Gasteiger partial charge >= 0.3 is 0 Å². The number of anilines is 1. The molecule has 1 aromatic carbocycles. The maximum atomic E-state index is 5.20. The van der Waals surface area contributed by atoms with E-state index in [4.69, 9.17) is 5.84 Å². The minimum absolute atomic E-state index is 0.580. The van der Waals surface area contributed by atoms with E-state index in [1.165, 1.54) is 0 Å². The molecule has 0 amide bonds. The summed E-state index contributed by atoms with van der Waals surface area (Å²) in [5, 5.41) is 0. The summed E-state index contributed by atoms with van der Waals surface area (Å²) in [7, 11) is 0. The lowest BCUT2D eigenvalue weighted by atomic mass is 10.2. The summed E-state index contributed by atoms with van der Waals surface area (Å²) in [6, 6.07) is 7.57. The van der Waals surface area contributed by atoms with Crippen molar-refractivity contribution in [2.75, 3.05) is 11.2 Å². The van der Waals surface area contributed by atoms with Crippen molar-refractivity contribution in [3.8, 4) is 11.8 Å². The third-order valence-corrected chi connectivity index (χ3v) is 1.52. The van der Waals surface area contributed by atoms with Crippen molar-refractivity contribution in [3.63, 3.8) is 0 Å². The van der Waals surface area contributed by atoms with Crippen molar-refractivity contribution >= 4 is 18.3 Å². The predicted octanol–water partition coefficient (Wildman–Crippen LogP) is 1.25. The van der Waals surface area contributed by atoms with Gasteiger partial charge in [-0.2, -0.15) is 12.6 Å². The first-order valence-corrected chi connectivity index (χ1v) is 4.16. The van der Waals surface area contributed by atoms with E-state index in [1.54, 1.807) is 0 Å². The maximum Gasteiger partial charge on any atom is 0.0521 e. The lowest BCUT2D eigenvalue weighted by Gasteiger charge is -1.97. The average Bonchev–Trinajstić information content (AvgIpc) is 2.15. The van der Waals surface area contributed by atoms with Crippen molar-refractivity contribution in [2.24, 2.45) is 5.84 Å². The van der Waals surface area contributed by atoms with Gasteiger partial charge in [-0.3, -0.25) is 5.84 Å². The van der Waals surface area contributed by atoms with E-state index < -0.39 is 0 Å². The summed E-state index contributed by atoms with van der Waals surface area (Å²) in [5.74, 6) is 11.6. The zero-order valence-corrected chi connectivity index (χ0v) is 7.44. The number of benzene rings is 1. The van der Waals surface area contributed by atoms with Crippen LogP contribution >= 0.6 is 12.6 Å². The molecular formula is C9H10N2S. The van der Waals surface area contributed by atoms with Gasteiger partial charge in [-0.15, -0.1) is 0 Å². The zero-order valence-electron chi connectivity index (χ0n) is 6.54. The van der Waals surface area contributed by atoms with E-state index in [1.807, 2.05) is 24.3 Å². The molecule has 3 N–H and O–H groups in total. The number of nitrogens with two attached hydrogens (primary N) is 1. The minimum atomic E-state index is 0.580. The van der Waals surface area contributed by atoms with Crippen LogP contribution in [0.2, 0.25) is 0 Å². The van der Waals surface area contributed by atoms with Crippen LogP contribution < -0.4 is 11.3 Å². The summed E-state index contributed by atoms with van der Waals surface area (Å²) < 4.78 is 0. The number of hydrogen-bond donors (Lipinski definition) is 3. The summed E-state index contributed by atoms with van der Waals surface area (Å²) >= 11 is 3.98. The van der Waals surface area contributed by atoms with E-state index in [0.717, 1.165) is 11.3 Å². The average molecular weight is 178 g/mol. The molecule has 0 aliphatic rings. The lowest BCUT2D eigenvalue weighted by molar-refractivity contribution is 1.35. The molecule has 1 rings (SSSR count). The first kappa shape index (κ1) is 8.98. The Morgan fingerprint density at radius 2 is 2.00 bits per heavy atom. The maximum absolute atomic E-state index is 5.20. The Kier molecular flexibility index (Phi) is 3.52. The molecule has 0 saturated carbocycles. The second kappa shape index (κ2) is 4.70. The van der Waals surface area contributed by atoms with E-state index in [-0.39, 0.29) is 0 Å². The molecule has 0 radical (unpaired) electrons.